The molecular weight excluding hydrogens is 1260 g/mol. The van der Waals surface area contributed by atoms with Crippen LogP contribution < -0.4 is 0 Å². The molecule has 3 aliphatic rings. The van der Waals surface area contributed by atoms with Gasteiger partial charge in [0.2, 0.25) is 0 Å². The topological polar surface area (TPSA) is 159 Å². The van der Waals surface area contributed by atoms with Gasteiger partial charge in [-0.15, -0.1) is 6.58 Å². The molecule has 3 fully saturated rings. The first-order valence-corrected chi connectivity index (χ1v) is 34.4. The van der Waals surface area contributed by atoms with Gasteiger partial charge in [-0.2, -0.15) is 0 Å². The molecule has 0 radical (unpaired) electrons. The molecule has 3 saturated heterocycles. The molecule has 12 rings (SSSR count). The van der Waals surface area contributed by atoms with E-state index in [1.54, 1.807) is 6.08 Å². The van der Waals surface area contributed by atoms with Crippen LogP contribution in [0.1, 0.15) is 50.1 Å². The zero-order chi connectivity index (χ0) is 68.2. The van der Waals surface area contributed by atoms with Gasteiger partial charge in [-0.25, -0.2) is 0 Å². The van der Waals surface area contributed by atoms with Crippen molar-refractivity contribution >= 4 is 0 Å². The van der Waals surface area contributed by atoms with E-state index in [0.717, 1.165) is 50.1 Å². The van der Waals surface area contributed by atoms with E-state index in [4.69, 9.17) is 71.1 Å². The zero-order valence-electron chi connectivity index (χ0n) is 56.2. The minimum atomic E-state index is -1.53. The van der Waals surface area contributed by atoms with Gasteiger partial charge in [-0.05, 0) is 50.1 Å². The molecule has 1 N–H and O–H groups in total. The highest BCUT2D eigenvalue weighted by Gasteiger charge is 2.57. The zero-order valence-corrected chi connectivity index (χ0v) is 56.2. The minimum Gasteiger partial charge on any atom is -0.385 e. The van der Waals surface area contributed by atoms with Gasteiger partial charge < -0.3 is 76.2 Å². The molecule has 9 aromatic carbocycles. The van der Waals surface area contributed by atoms with E-state index in [9.17, 15) is 5.11 Å². The summed E-state index contributed by atoms with van der Waals surface area (Å²) in [5.41, 5.74) is 8.27. The summed E-state index contributed by atoms with van der Waals surface area (Å²) in [6.07, 6.45) is -15.0. The van der Waals surface area contributed by atoms with E-state index >= 15 is 0 Å². The Balaban J connectivity index is 0.972. The van der Waals surface area contributed by atoms with Gasteiger partial charge in [0, 0.05) is 0 Å². The first-order valence-electron chi connectivity index (χ1n) is 34.4. The lowest BCUT2D eigenvalue weighted by Crippen LogP contribution is -2.68. The SMILES string of the molecule is C=CCO[C@@H]1O[C@H](COCc2ccccc2)[C@@H](OCc2ccccc2)[C@H](OCc2ccccc2)[C@@H]1O[C@@H]1O[C@H](COCc2ccccc2)[C@@H](OCc2ccccc2)[C@H](OCc2ccccc2)[C@@H]1O[C@@H]1O[C@H](COCc2ccccc2)[C@@H](OCc2ccccc2)[C@H](OCc2ccccc2)[C@H]1O. The van der Waals surface area contributed by atoms with E-state index in [1.165, 1.54) is 0 Å². The molecule has 0 saturated carbocycles. The summed E-state index contributed by atoms with van der Waals surface area (Å²) in [5, 5.41) is 13.4. The largest absolute Gasteiger partial charge is 0.385 e. The summed E-state index contributed by atoms with van der Waals surface area (Å²) in [7, 11) is 0. The van der Waals surface area contributed by atoms with Crippen molar-refractivity contribution in [3.8, 4) is 0 Å². The summed E-state index contributed by atoms with van der Waals surface area (Å²) >= 11 is 0. The first kappa shape index (κ1) is 71.9. The van der Waals surface area contributed by atoms with Crippen LogP contribution in [0.15, 0.2) is 286 Å². The lowest BCUT2D eigenvalue weighted by molar-refractivity contribution is -0.404. The van der Waals surface area contributed by atoms with Gasteiger partial charge in [0.25, 0.3) is 0 Å². The van der Waals surface area contributed by atoms with Crippen LogP contribution in [0.4, 0.5) is 0 Å². The van der Waals surface area contributed by atoms with Gasteiger partial charge in [-0.3, -0.25) is 0 Å². The van der Waals surface area contributed by atoms with Gasteiger partial charge in [0.1, 0.15) is 73.2 Å². The number of rotatable bonds is 37. The Kier molecular flexibility index (Phi) is 27.9. The second-order valence-electron chi connectivity index (χ2n) is 25.0. The maximum Gasteiger partial charge on any atom is 0.187 e. The van der Waals surface area contributed by atoms with Crippen molar-refractivity contribution < 1.29 is 76.2 Å². The number of hydrogen-bond acceptors (Lipinski definition) is 16. The number of ether oxygens (including phenoxy) is 15. The maximum atomic E-state index is 13.4. The first-order chi connectivity index (χ1) is 49.5. The van der Waals surface area contributed by atoms with Crippen LogP contribution in [0.25, 0.3) is 0 Å². The molecule has 0 aromatic heterocycles. The average Bonchev–Trinajstić information content (AvgIpc) is 0.763. The van der Waals surface area contributed by atoms with Crippen LogP contribution in [0.3, 0.4) is 0 Å². The lowest BCUT2D eigenvalue weighted by atomic mass is 9.95. The van der Waals surface area contributed by atoms with E-state index in [1.807, 2.05) is 273 Å². The fourth-order valence-electron chi connectivity index (χ4n) is 12.5. The summed E-state index contributed by atoms with van der Waals surface area (Å²) in [6, 6.07) is 89.0. The van der Waals surface area contributed by atoms with Crippen molar-refractivity contribution in [1.29, 1.82) is 0 Å². The number of aliphatic hydroxyl groups is 1. The highest BCUT2D eigenvalue weighted by atomic mass is 16.8. The molecule has 3 heterocycles. The Morgan fingerprint density at radius 1 is 0.260 bits per heavy atom. The molecule has 15 atom stereocenters. The highest BCUT2D eigenvalue weighted by Crippen LogP contribution is 2.39. The molecule has 16 nitrogen and oxygen atoms in total. The summed E-state index contributed by atoms with van der Waals surface area (Å²) < 4.78 is 106. The van der Waals surface area contributed by atoms with Crippen molar-refractivity contribution in [3.05, 3.63) is 336 Å². The van der Waals surface area contributed by atoms with Gasteiger partial charge in [0.05, 0.1) is 85.9 Å². The van der Waals surface area contributed by atoms with Crippen LogP contribution in [0.5, 0.6) is 0 Å². The van der Waals surface area contributed by atoms with Crippen molar-refractivity contribution in [2.75, 3.05) is 26.4 Å². The molecule has 16 heteroatoms. The molecule has 0 unspecified atom stereocenters. The average molecular weight is 1360 g/mol. The standard InChI is InChI=1S/C84H90O16/c1-2-48-89-83-80(78(94-56-68-44-26-10-27-45-68)75(91-53-65-38-20-7-21-39-65)71(97-83)59-87-50-62-32-14-4-15-33-62)100-84-81(79(95-57-69-46-28-11-29-47-69)76(92-54-66-40-22-8-23-41-66)72(98-84)60-88-51-63-34-16-5-17-35-63)99-82-73(85)77(93-55-67-42-24-9-25-43-67)74(90-52-64-36-18-6-19-37-64)70(96-82)58-86-49-61-30-12-3-13-31-61/h2-47,70-85H,1,48-60H2/t70-,71-,72-,73-,74-,75-,76-,77-,78+,79+,80+,81+,82+,83-,84+/m1/s1. The Morgan fingerprint density at radius 3 is 0.790 bits per heavy atom. The van der Waals surface area contributed by atoms with Crippen molar-refractivity contribution in [2.45, 2.75) is 152 Å². The second-order valence-corrected chi connectivity index (χ2v) is 25.0. The third kappa shape index (κ3) is 21.1. The molecule has 3 aliphatic heterocycles. The second kappa shape index (κ2) is 38.8. The Hall–Kier alpha value is -7.92. The van der Waals surface area contributed by atoms with Crippen molar-refractivity contribution in [3.63, 3.8) is 0 Å². The number of hydrogen-bond donors (Lipinski definition) is 1. The highest BCUT2D eigenvalue weighted by molar-refractivity contribution is 5.21. The molecule has 522 valence electrons. The monoisotopic (exact) mass is 1350 g/mol. The van der Waals surface area contributed by atoms with Gasteiger partial charge in [-0.1, -0.05) is 279 Å². The molecule has 0 bridgehead atoms. The quantitative estimate of drug-likeness (QED) is 0.0366. The van der Waals surface area contributed by atoms with Crippen LogP contribution in [0, 0.1) is 0 Å². The van der Waals surface area contributed by atoms with Crippen molar-refractivity contribution in [1.82, 2.24) is 0 Å². The normalized spacial score (nSPS) is 25.3. The molecule has 0 spiro atoms. The summed E-state index contributed by atoms with van der Waals surface area (Å²) in [6.45, 7) is 5.84. The fraction of sp³-hybridized carbons (Fsp3) is 0.333. The van der Waals surface area contributed by atoms with Crippen LogP contribution in [-0.2, 0) is 131 Å². The van der Waals surface area contributed by atoms with Crippen LogP contribution >= 0.6 is 0 Å². The summed E-state index contributed by atoms with van der Waals surface area (Å²) in [4.78, 5) is 0. The molecule has 100 heavy (non-hydrogen) atoms. The molecule has 9 aromatic rings. The molecule has 0 aliphatic carbocycles. The summed E-state index contributed by atoms with van der Waals surface area (Å²) in [5.74, 6) is 0. The Morgan fingerprint density at radius 2 is 0.490 bits per heavy atom. The third-order valence-corrected chi connectivity index (χ3v) is 17.7. The smallest absolute Gasteiger partial charge is 0.187 e. The minimum absolute atomic E-state index is 0.000472. The predicted octanol–water partition coefficient (Wildman–Crippen LogP) is 13.7. The maximum absolute atomic E-state index is 13.4. The fourth-order valence-corrected chi connectivity index (χ4v) is 12.5. The lowest BCUT2D eigenvalue weighted by Gasteiger charge is -2.51. The predicted molar refractivity (Wildman–Crippen MR) is 376 cm³/mol. The van der Waals surface area contributed by atoms with E-state index in [0.29, 0.717) is 6.61 Å². The van der Waals surface area contributed by atoms with Gasteiger partial charge >= 0.3 is 0 Å². The van der Waals surface area contributed by atoms with Crippen LogP contribution in [0.2, 0.25) is 0 Å². The van der Waals surface area contributed by atoms with E-state index < -0.39 is 92.1 Å². The van der Waals surface area contributed by atoms with Crippen molar-refractivity contribution in [2.24, 2.45) is 0 Å². The Bertz CT molecular complexity index is 3690. The van der Waals surface area contributed by atoms with Gasteiger partial charge in [0.15, 0.2) is 18.9 Å². The van der Waals surface area contributed by atoms with Crippen LogP contribution in [-0.4, -0.2) is 124 Å². The number of benzene rings is 9. The molecule has 0 amide bonds. The van der Waals surface area contributed by atoms with E-state index in [2.05, 4.69) is 6.58 Å². The Labute approximate surface area is 587 Å². The van der Waals surface area contributed by atoms with E-state index in [-0.39, 0.29) is 79.3 Å². The third-order valence-electron chi connectivity index (χ3n) is 17.7. The number of aliphatic hydroxyl groups excluding tert-OH is 1. The molecular formula is C84H90O16.